The molecule has 0 spiro atoms. The average molecular weight is 321 g/mol. The van der Waals surface area contributed by atoms with Gasteiger partial charge >= 0.3 is 0 Å². The van der Waals surface area contributed by atoms with Crippen LogP contribution in [0.2, 0.25) is 0 Å². The molecule has 3 rings (SSSR count). The van der Waals surface area contributed by atoms with Gasteiger partial charge in [0.2, 0.25) is 21.6 Å². The third kappa shape index (κ3) is 2.41. The SMILES string of the molecule is COc1ccc(-c2nc3nc(S(C)(=O)=O)nc(N)n3n2)nc1. The van der Waals surface area contributed by atoms with E-state index >= 15 is 0 Å². The molecule has 0 atom stereocenters. The van der Waals surface area contributed by atoms with Crippen LogP contribution in [0.25, 0.3) is 17.3 Å². The Labute approximate surface area is 124 Å². The van der Waals surface area contributed by atoms with Crippen LogP contribution < -0.4 is 10.5 Å². The van der Waals surface area contributed by atoms with Crippen LogP contribution >= 0.6 is 0 Å². The van der Waals surface area contributed by atoms with Gasteiger partial charge in [-0.25, -0.2) is 13.4 Å². The van der Waals surface area contributed by atoms with Crippen molar-refractivity contribution in [3.8, 4) is 17.3 Å². The van der Waals surface area contributed by atoms with Crippen LogP contribution in [-0.4, -0.2) is 51.3 Å². The highest BCUT2D eigenvalue weighted by molar-refractivity contribution is 7.90. The molecule has 0 aliphatic carbocycles. The van der Waals surface area contributed by atoms with Crippen molar-refractivity contribution in [2.45, 2.75) is 5.16 Å². The number of nitrogen functional groups attached to an aromatic ring is 1. The second-order valence-corrected chi connectivity index (χ2v) is 6.28. The van der Waals surface area contributed by atoms with E-state index in [9.17, 15) is 8.42 Å². The zero-order valence-electron chi connectivity index (χ0n) is 11.6. The highest BCUT2D eigenvalue weighted by atomic mass is 32.2. The molecule has 0 fully saturated rings. The maximum atomic E-state index is 11.5. The van der Waals surface area contributed by atoms with Gasteiger partial charge in [-0.05, 0) is 12.1 Å². The number of ether oxygens (including phenoxy) is 1. The number of nitrogens with zero attached hydrogens (tertiary/aromatic N) is 6. The van der Waals surface area contributed by atoms with Crippen LogP contribution in [0.15, 0.2) is 23.5 Å². The number of nitrogens with two attached hydrogens (primary N) is 1. The Kier molecular flexibility index (Phi) is 3.13. The van der Waals surface area contributed by atoms with E-state index in [0.29, 0.717) is 11.4 Å². The van der Waals surface area contributed by atoms with Gasteiger partial charge in [-0.15, -0.1) is 5.10 Å². The first-order chi connectivity index (χ1) is 10.4. The molecule has 0 unspecified atom stereocenters. The van der Waals surface area contributed by atoms with Crippen molar-refractivity contribution >= 4 is 21.6 Å². The molecule has 0 aromatic carbocycles. The average Bonchev–Trinajstić information content (AvgIpc) is 2.91. The van der Waals surface area contributed by atoms with Gasteiger partial charge in [0.05, 0.1) is 13.3 Å². The molecular formula is C11H11N7O3S. The lowest BCUT2D eigenvalue weighted by atomic mass is 10.3. The van der Waals surface area contributed by atoms with Crippen LogP contribution in [0.4, 0.5) is 5.95 Å². The molecule has 0 amide bonds. The van der Waals surface area contributed by atoms with Crippen molar-refractivity contribution < 1.29 is 13.2 Å². The fourth-order valence-corrected chi connectivity index (χ4v) is 2.20. The maximum Gasteiger partial charge on any atom is 0.258 e. The third-order valence-electron chi connectivity index (χ3n) is 2.75. The minimum Gasteiger partial charge on any atom is -0.495 e. The van der Waals surface area contributed by atoms with E-state index in [1.807, 2.05) is 0 Å². The molecule has 114 valence electrons. The van der Waals surface area contributed by atoms with E-state index in [0.717, 1.165) is 10.8 Å². The summed E-state index contributed by atoms with van der Waals surface area (Å²) in [5.74, 6) is 0.735. The van der Waals surface area contributed by atoms with Crippen molar-refractivity contribution in [1.82, 2.24) is 29.5 Å². The summed E-state index contributed by atoms with van der Waals surface area (Å²) in [5.41, 5.74) is 6.16. The second kappa shape index (κ2) is 4.87. The number of methoxy groups -OCH3 is 1. The first kappa shape index (κ1) is 14.1. The molecule has 22 heavy (non-hydrogen) atoms. The number of anilines is 1. The fraction of sp³-hybridized carbons (Fsp3) is 0.182. The van der Waals surface area contributed by atoms with Gasteiger partial charge in [0.25, 0.3) is 10.9 Å². The maximum absolute atomic E-state index is 11.5. The summed E-state index contributed by atoms with van der Waals surface area (Å²) in [4.78, 5) is 15.8. The Morgan fingerprint density at radius 1 is 1.23 bits per heavy atom. The highest BCUT2D eigenvalue weighted by Gasteiger charge is 2.18. The number of aromatic nitrogens is 6. The molecule has 0 aliphatic heterocycles. The van der Waals surface area contributed by atoms with E-state index in [1.54, 1.807) is 12.1 Å². The molecule has 0 aliphatic rings. The first-order valence-corrected chi connectivity index (χ1v) is 7.88. The molecule has 2 N–H and O–H groups in total. The van der Waals surface area contributed by atoms with Gasteiger partial charge < -0.3 is 10.5 Å². The van der Waals surface area contributed by atoms with Gasteiger partial charge in [-0.2, -0.15) is 19.5 Å². The normalized spacial score (nSPS) is 11.7. The molecule has 0 radical (unpaired) electrons. The first-order valence-electron chi connectivity index (χ1n) is 5.99. The Morgan fingerprint density at radius 2 is 2.00 bits per heavy atom. The van der Waals surface area contributed by atoms with Gasteiger partial charge in [0.15, 0.2) is 0 Å². The Hall–Kier alpha value is -2.82. The minimum atomic E-state index is -3.60. The third-order valence-corrected chi connectivity index (χ3v) is 3.59. The van der Waals surface area contributed by atoms with Gasteiger partial charge in [0, 0.05) is 6.26 Å². The van der Waals surface area contributed by atoms with Crippen molar-refractivity contribution in [2.24, 2.45) is 0 Å². The van der Waals surface area contributed by atoms with E-state index in [2.05, 4.69) is 25.0 Å². The molecular weight excluding hydrogens is 310 g/mol. The topological polar surface area (TPSA) is 138 Å². The van der Waals surface area contributed by atoms with Crippen LogP contribution in [0, 0.1) is 0 Å². The Morgan fingerprint density at radius 3 is 2.59 bits per heavy atom. The smallest absolute Gasteiger partial charge is 0.258 e. The summed E-state index contributed by atoms with van der Waals surface area (Å²) in [6.07, 6.45) is 2.50. The Bertz CT molecular complexity index is 950. The molecule has 0 saturated carbocycles. The zero-order valence-corrected chi connectivity index (χ0v) is 12.4. The highest BCUT2D eigenvalue weighted by Crippen LogP contribution is 2.17. The summed E-state index contributed by atoms with van der Waals surface area (Å²) in [7, 11) is -2.07. The monoisotopic (exact) mass is 321 g/mol. The number of hydrogen-bond acceptors (Lipinski definition) is 9. The molecule has 3 aromatic heterocycles. The summed E-state index contributed by atoms with van der Waals surface area (Å²) in [6.45, 7) is 0. The molecule has 0 bridgehead atoms. The molecule has 3 heterocycles. The van der Waals surface area contributed by atoms with Crippen LogP contribution in [0.5, 0.6) is 5.75 Å². The number of sulfone groups is 1. The molecule has 0 saturated heterocycles. The van der Waals surface area contributed by atoms with Crippen molar-refractivity contribution in [3.63, 3.8) is 0 Å². The predicted octanol–water partition coefficient (Wildman–Crippen LogP) is -0.424. The number of rotatable bonds is 3. The minimum absolute atomic E-state index is 0.0283. The summed E-state index contributed by atoms with van der Waals surface area (Å²) in [5, 5.41) is 3.72. The van der Waals surface area contributed by atoms with Crippen molar-refractivity contribution in [3.05, 3.63) is 18.3 Å². The van der Waals surface area contributed by atoms with Crippen LogP contribution in [0.1, 0.15) is 0 Å². The van der Waals surface area contributed by atoms with Crippen molar-refractivity contribution in [2.75, 3.05) is 19.1 Å². The molecule has 3 aromatic rings. The number of fused-ring (bicyclic) bond motifs is 1. The van der Waals surface area contributed by atoms with Crippen LogP contribution in [-0.2, 0) is 9.84 Å². The van der Waals surface area contributed by atoms with Gasteiger partial charge in [-0.3, -0.25) is 0 Å². The van der Waals surface area contributed by atoms with E-state index in [1.165, 1.54) is 13.3 Å². The summed E-state index contributed by atoms with van der Waals surface area (Å²) in [6, 6.07) is 3.36. The summed E-state index contributed by atoms with van der Waals surface area (Å²) < 4.78 is 29.2. The quantitative estimate of drug-likeness (QED) is 0.681. The predicted molar refractivity (Wildman–Crippen MR) is 75.9 cm³/mol. The lowest BCUT2D eigenvalue weighted by Gasteiger charge is -1.99. The standard InChI is InChI=1S/C11H11N7O3S/c1-21-6-3-4-7(13-5-6)8-14-10-16-11(22(2,19)20)15-9(12)18(10)17-8/h3-5H,1-2H3,(H2,12,14,15,16,17). The van der Waals surface area contributed by atoms with E-state index in [-0.39, 0.29) is 17.6 Å². The zero-order chi connectivity index (χ0) is 15.9. The summed E-state index contributed by atoms with van der Waals surface area (Å²) >= 11 is 0. The van der Waals surface area contributed by atoms with E-state index in [4.69, 9.17) is 10.5 Å². The molecule has 10 nitrogen and oxygen atoms in total. The van der Waals surface area contributed by atoms with E-state index < -0.39 is 15.0 Å². The lowest BCUT2D eigenvalue weighted by Crippen LogP contribution is -2.11. The Balaban J connectivity index is 2.14. The van der Waals surface area contributed by atoms with Crippen molar-refractivity contribution in [1.29, 1.82) is 0 Å². The van der Waals surface area contributed by atoms with Crippen LogP contribution in [0.3, 0.4) is 0 Å². The second-order valence-electron chi connectivity index (χ2n) is 4.37. The number of pyridine rings is 1. The van der Waals surface area contributed by atoms with Gasteiger partial charge in [-0.1, -0.05) is 0 Å². The number of hydrogen-bond donors (Lipinski definition) is 1. The fourth-order valence-electron chi connectivity index (χ4n) is 1.69. The van der Waals surface area contributed by atoms with Gasteiger partial charge in [0.1, 0.15) is 11.4 Å². The lowest BCUT2D eigenvalue weighted by molar-refractivity contribution is 0.413. The largest absolute Gasteiger partial charge is 0.495 e. The molecule has 11 heteroatoms.